The van der Waals surface area contributed by atoms with Gasteiger partial charge in [0.1, 0.15) is 0 Å². The van der Waals surface area contributed by atoms with Gasteiger partial charge in [-0.1, -0.05) is 6.07 Å². The molecule has 0 bridgehead atoms. The molecule has 18 heavy (non-hydrogen) atoms. The van der Waals surface area contributed by atoms with Gasteiger partial charge in [0.2, 0.25) is 0 Å². The molecule has 0 spiro atoms. The van der Waals surface area contributed by atoms with Crippen LogP contribution in [0.3, 0.4) is 0 Å². The first-order valence-electron chi connectivity index (χ1n) is 6.49. The quantitative estimate of drug-likeness (QED) is 0.811. The summed E-state index contributed by atoms with van der Waals surface area (Å²) in [4.78, 5) is 0. The number of rotatable bonds is 4. The number of halogens is 1. The van der Waals surface area contributed by atoms with Crippen LogP contribution in [0.2, 0.25) is 0 Å². The molecular formula is C14H21IN2O. The Hall–Kier alpha value is -0.330. The van der Waals surface area contributed by atoms with Crippen molar-refractivity contribution in [2.75, 3.05) is 25.1 Å². The minimum absolute atomic E-state index is 0.445. The van der Waals surface area contributed by atoms with Gasteiger partial charge in [-0.2, -0.15) is 0 Å². The van der Waals surface area contributed by atoms with Crippen LogP contribution in [0.5, 0.6) is 0 Å². The lowest BCUT2D eigenvalue weighted by Gasteiger charge is -2.27. The molecular weight excluding hydrogens is 339 g/mol. The molecule has 1 aromatic carbocycles. The Bertz CT molecular complexity index is 391. The van der Waals surface area contributed by atoms with Gasteiger partial charge in [-0.05, 0) is 60.6 Å². The summed E-state index contributed by atoms with van der Waals surface area (Å²) in [5.41, 5.74) is 2.54. The summed E-state index contributed by atoms with van der Waals surface area (Å²) in [5, 5.41) is 7.09. The number of ether oxygens (including phenoxy) is 1. The van der Waals surface area contributed by atoms with E-state index in [9.17, 15) is 0 Å². The fourth-order valence-electron chi connectivity index (χ4n) is 2.27. The van der Waals surface area contributed by atoms with Crippen molar-refractivity contribution in [2.24, 2.45) is 0 Å². The van der Waals surface area contributed by atoms with E-state index in [1.807, 2.05) is 0 Å². The second-order valence-corrected chi connectivity index (χ2v) is 6.21. The lowest BCUT2D eigenvalue weighted by atomic mass is 10.1. The van der Waals surface area contributed by atoms with Gasteiger partial charge in [-0.15, -0.1) is 0 Å². The highest BCUT2D eigenvalue weighted by Gasteiger charge is 2.16. The lowest BCUT2D eigenvalue weighted by Crippen LogP contribution is -2.43. The molecule has 4 heteroatoms. The molecule has 0 aliphatic carbocycles. The van der Waals surface area contributed by atoms with Crippen LogP contribution in [0.25, 0.3) is 0 Å². The predicted molar refractivity (Wildman–Crippen MR) is 84.2 cm³/mol. The van der Waals surface area contributed by atoms with Crippen LogP contribution in [0.15, 0.2) is 18.2 Å². The highest BCUT2D eigenvalue weighted by molar-refractivity contribution is 14.1. The first-order chi connectivity index (χ1) is 8.65. The molecule has 2 atom stereocenters. The van der Waals surface area contributed by atoms with Gasteiger partial charge in [-0.3, -0.25) is 0 Å². The van der Waals surface area contributed by atoms with Gasteiger partial charge in [0.15, 0.2) is 0 Å². The van der Waals surface area contributed by atoms with E-state index >= 15 is 0 Å². The molecule has 1 saturated heterocycles. The van der Waals surface area contributed by atoms with E-state index in [1.54, 1.807) is 0 Å². The topological polar surface area (TPSA) is 33.3 Å². The predicted octanol–water partition coefficient (Wildman–Crippen LogP) is 2.78. The van der Waals surface area contributed by atoms with Crippen molar-refractivity contribution < 1.29 is 4.74 Å². The summed E-state index contributed by atoms with van der Waals surface area (Å²) in [6, 6.07) is 7.43. The van der Waals surface area contributed by atoms with E-state index in [0.29, 0.717) is 12.1 Å². The van der Waals surface area contributed by atoms with Crippen LogP contribution in [-0.2, 0) is 4.74 Å². The largest absolute Gasteiger partial charge is 0.382 e. The molecule has 2 N–H and O–H groups in total. The molecule has 100 valence electrons. The molecule has 0 aromatic heterocycles. The van der Waals surface area contributed by atoms with E-state index in [-0.39, 0.29) is 0 Å². The smallest absolute Gasteiger partial charge is 0.0621 e. The van der Waals surface area contributed by atoms with Crippen LogP contribution in [0, 0.1) is 10.5 Å². The van der Waals surface area contributed by atoms with Gasteiger partial charge >= 0.3 is 0 Å². The van der Waals surface area contributed by atoms with Gasteiger partial charge in [0.05, 0.1) is 13.2 Å². The number of hydrogen-bond acceptors (Lipinski definition) is 3. The van der Waals surface area contributed by atoms with Crippen LogP contribution in [0.4, 0.5) is 5.69 Å². The van der Waals surface area contributed by atoms with Crippen molar-refractivity contribution in [1.29, 1.82) is 0 Å². The number of morpholine rings is 1. The van der Waals surface area contributed by atoms with Crippen molar-refractivity contribution in [3.8, 4) is 0 Å². The third-order valence-electron chi connectivity index (χ3n) is 3.24. The average Bonchev–Trinajstić information content (AvgIpc) is 2.35. The SMILES string of the molecule is Cc1ccc(I)cc1NC(C)CC1COCCN1. The van der Waals surface area contributed by atoms with Crippen LogP contribution >= 0.6 is 22.6 Å². The van der Waals surface area contributed by atoms with Gasteiger partial charge in [0, 0.05) is 27.9 Å². The highest BCUT2D eigenvalue weighted by Crippen LogP contribution is 2.20. The molecule has 2 rings (SSSR count). The zero-order valence-electron chi connectivity index (χ0n) is 11.0. The zero-order valence-corrected chi connectivity index (χ0v) is 13.2. The second kappa shape index (κ2) is 6.73. The van der Waals surface area contributed by atoms with Crippen molar-refractivity contribution >= 4 is 28.3 Å². The fourth-order valence-corrected chi connectivity index (χ4v) is 2.76. The molecule has 0 saturated carbocycles. The van der Waals surface area contributed by atoms with Crippen molar-refractivity contribution in [2.45, 2.75) is 32.4 Å². The zero-order chi connectivity index (χ0) is 13.0. The van der Waals surface area contributed by atoms with Gasteiger partial charge < -0.3 is 15.4 Å². The molecule has 3 nitrogen and oxygen atoms in total. The Kier molecular flexibility index (Phi) is 5.26. The molecule has 1 heterocycles. The third-order valence-corrected chi connectivity index (χ3v) is 3.91. The summed E-state index contributed by atoms with van der Waals surface area (Å²) >= 11 is 2.35. The molecule has 1 aliphatic heterocycles. The van der Waals surface area contributed by atoms with Crippen LogP contribution < -0.4 is 10.6 Å². The molecule has 1 fully saturated rings. The standard InChI is InChI=1S/C14H21IN2O/c1-10-3-4-12(15)8-14(10)17-11(2)7-13-9-18-6-5-16-13/h3-4,8,11,13,16-17H,5-7,9H2,1-2H3. The lowest BCUT2D eigenvalue weighted by molar-refractivity contribution is 0.0731. The fraction of sp³-hybridized carbons (Fsp3) is 0.571. The minimum Gasteiger partial charge on any atom is -0.382 e. The molecule has 0 amide bonds. The number of benzene rings is 1. The van der Waals surface area contributed by atoms with Crippen molar-refractivity contribution in [3.05, 3.63) is 27.3 Å². The highest BCUT2D eigenvalue weighted by atomic mass is 127. The van der Waals surface area contributed by atoms with E-state index < -0.39 is 0 Å². The monoisotopic (exact) mass is 360 g/mol. The maximum atomic E-state index is 5.48. The second-order valence-electron chi connectivity index (χ2n) is 4.97. The van der Waals surface area contributed by atoms with Gasteiger partial charge in [-0.25, -0.2) is 0 Å². The number of anilines is 1. The summed E-state index contributed by atoms with van der Waals surface area (Å²) in [6.07, 6.45) is 1.09. The molecule has 2 unspecified atom stereocenters. The Labute approximate surface area is 123 Å². The number of hydrogen-bond donors (Lipinski definition) is 2. The molecule has 1 aromatic rings. The summed E-state index contributed by atoms with van der Waals surface area (Å²) in [6.45, 7) is 7.02. The first kappa shape index (κ1) is 14.1. The normalized spacial score (nSPS) is 21.6. The van der Waals surface area contributed by atoms with Crippen LogP contribution in [-0.4, -0.2) is 31.8 Å². The van der Waals surface area contributed by atoms with E-state index in [1.165, 1.54) is 14.8 Å². The first-order valence-corrected chi connectivity index (χ1v) is 7.57. The maximum absolute atomic E-state index is 5.48. The Morgan fingerprint density at radius 2 is 2.39 bits per heavy atom. The summed E-state index contributed by atoms with van der Waals surface area (Å²) < 4.78 is 6.75. The average molecular weight is 360 g/mol. The molecule has 1 aliphatic rings. The minimum atomic E-state index is 0.445. The number of nitrogens with one attached hydrogen (secondary N) is 2. The third kappa shape index (κ3) is 4.10. The van der Waals surface area contributed by atoms with E-state index in [2.05, 4.69) is 65.3 Å². The van der Waals surface area contributed by atoms with E-state index in [4.69, 9.17) is 4.74 Å². The summed E-state index contributed by atoms with van der Waals surface area (Å²) in [5.74, 6) is 0. The summed E-state index contributed by atoms with van der Waals surface area (Å²) in [7, 11) is 0. The van der Waals surface area contributed by atoms with Gasteiger partial charge in [0.25, 0.3) is 0 Å². The maximum Gasteiger partial charge on any atom is 0.0621 e. The molecule has 0 radical (unpaired) electrons. The van der Waals surface area contributed by atoms with Crippen LogP contribution in [0.1, 0.15) is 18.9 Å². The van der Waals surface area contributed by atoms with E-state index in [0.717, 1.165) is 26.2 Å². The number of aryl methyl sites for hydroxylation is 1. The Morgan fingerprint density at radius 1 is 1.56 bits per heavy atom. The van der Waals surface area contributed by atoms with Crippen molar-refractivity contribution in [1.82, 2.24) is 5.32 Å². The Balaban J connectivity index is 1.89. The van der Waals surface area contributed by atoms with Crippen molar-refractivity contribution in [3.63, 3.8) is 0 Å². The Morgan fingerprint density at radius 3 is 3.11 bits per heavy atom.